The molecule has 0 aliphatic rings. The molecule has 0 saturated heterocycles. The minimum Gasteiger partial charge on any atom is -0.322 e. The molecule has 0 unspecified atom stereocenters. The van der Waals surface area contributed by atoms with E-state index in [4.69, 9.17) is 11.6 Å². The van der Waals surface area contributed by atoms with E-state index in [0.29, 0.717) is 16.4 Å². The van der Waals surface area contributed by atoms with Crippen molar-refractivity contribution in [2.75, 3.05) is 10.6 Å². The van der Waals surface area contributed by atoms with Crippen LogP contribution in [0.15, 0.2) is 66.9 Å². The van der Waals surface area contributed by atoms with Crippen molar-refractivity contribution in [1.29, 1.82) is 0 Å². The summed E-state index contributed by atoms with van der Waals surface area (Å²) >= 11 is 5.80. The monoisotopic (exact) mass is 369 g/mol. The Kier molecular flexibility index (Phi) is 5.24. The zero-order valence-electron chi connectivity index (χ0n) is 13.4. The van der Waals surface area contributed by atoms with Crippen molar-refractivity contribution in [1.82, 2.24) is 4.98 Å². The lowest BCUT2D eigenvalue weighted by atomic mass is 10.2. The van der Waals surface area contributed by atoms with Crippen LogP contribution in [0.2, 0.25) is 5.02 Å². The van der Waals surface area contributed by atoms with Gasteiger partial charge < -0.3 is 10.6 Å². The van der Waals surface area contributed by atoms with Gasteiger partial charge in [0, 0.05) is 28.2 Å². The van der Waals surface area contributed by atoms with Gasteiger partial charge in [0.15, 0.2) is 0 Å². The lowest BCUT2D eigenvalue weighted by Crippen LogP contribution is -2.17. The quantitative estimate of drug-likeness (QED) is 0.717. The molecule has 0 atom stereocenters. The molecule has 3 aromatic rings. The van der Waals surface area contributed by atoms with Crippen LogP contribution in [0.5, 0.6) is 0 Å². The Morgan fingerprint density at radius 3 is 2.35 bits per heavy atom. The Hall–Kier alpha value is -3.25. The van der Waals surface area contributed by atoms with Crippen LogP contribution in [0.25, 0.3) is 0 Å². The van der Waals surface area contributed by atoms with Crippen LogP contribution < -0.4 is 10.6 Å². The number of hydrogen-bond acceptors (Lipinski definition) is 3. The molecule has 0 aliphatic heterocycles. The van der Waals surface area contributed by atoms with Crippen molar-refractivity contribution in [3.63, 3.8) is 0 Å². The number of hydrogen-bond donors (Lipinski definition) is 2. The minimum absolute atomic E-state index is 0.0758. The molecule has 2 amide bonds. The Bertz CT molecular complexity index is 961. The fourth-order valence-electron chi connectivity index (χ4n) is 2.19. The third-order valence-electron chi connectivity index (χ3n) is 3.44. The van der Waals surface area contributed by atoms with E-state index in [1.165, 1.54) is 36.5 Å². The molecule has 1 aromatic heterocycles. The van der Waals surface area contributed by atoms with Crippen molar-refractivity contribution in [2.45, 2.75) is 0 Å². The normalized spacial score (nSPS) is 10.2. The van der Waals surface area contributed by atoms with Crippen LogP contribution in [0.3, 0.4) is 0 Å². The number of aromatic nitrogens is 1. The molecule has 3 rings (SSSR count). The molecule has 0 saturated carbocycles. The molecule has 5 nitrogen and oxygen atoms in total. The van der Waals surface area contributed by atoms with Crippen molar-refractivity contribution in [2.24, 2.45) is 0 Å². The number of amides is 2. The van der Waals surface area contributed by atoms with Gasteiger partial charge in [-0.15, -0.1) is 0 Å². The van der Waals surface area contributed by atoms with Crippen LogP contribution in [0.4, 0.5) is 15.8 Å². The Morgan fingerprint density at radius 1 is 0.885 bits per heavy atom. The number of anilines is 2. The molecule has 0 bridgehead atoms. The summed E-state index contributed by atoms with van der Waals surface area (Å²) in [4.78, 5) is 28.6. The number of benzene rings is 2. The minimum atomic E-state index is -0.474. The Balaban J connectivity index is 1.73. The fraction of sp³-hybridized carbons (Fsp3) is 0. The molecule has 0 spiro atoms. The lowest BCUT2D eigenvalue weighted by molar-refractivity contribution is 0.102. The highest BCUT2D eigenvalue weighted by Crippen LogP contribution is 2.15. The van der Waals surface area contributed by atoms with Crippen LogP contribution >= 0.6 is 11.6 Å². The predicted molar refractivity (Wildman–Crippen MR) is 98.0 cm³/mol. The molecule has 7 heteroatoms. The number of pyridine rings is 1. The first-order chi connectivity index (χ1) is 12.5. The largest absolute Gasteiger partial charge is 0.322 e. The Labute approximate surface area is 153 Å². The van der Waals surface area contributed by atoms with Gasteiger partial charge in [-0.2, -0.15) is 0 Å². The van der Waals surface area contributed by atoms with E-state index in [-0.39, 0.29) is 11.3 Å². The molecule has 26 heavy (non-hydrogen) atoms. The highest BCUT2D eigenvalue weighted by molar-refractivity contribution is 6.30. The van der Waals surface area contributed by atoms with Crippen LogP contribution in [-0.4, -0.2) is 16.8 Å². The van der Waals surface area contributed by atoms with E-state index in [1.54, 1.807) is 30.3 Å². The summed E-state index contributed by atoms with van der Waals surface area (Å²) in [5, 5.41) is 5.79. The average molecular weight is 370 g/mol. The number of rotatable bonds is 4. The number of nitrogens with zero attached hydrogens (tertiary/aromatic N) is 1. The molecule has 2 aromatic carbocycles. The topological polar surface area (TPSA) is 71.1 Å². The van der Waals surface area contributed by atoms with Crippen molar-refractivity contribution < 1.29 is 14.0 Å². The first-order valence-electron chi connectivity index (χ1n) is 7.61. The number of carbonyl (C=O) groups is 2. The SMILES string of the molecule is O=C(Nc1cccc(F)c1)c1ccnc(C(=O)Nc2ccc(Cl)cc2)c1. The number of carbonyl (C=O) groups excluding carboxylic acids is 2. The average Bonchev–Trinajstić information content (AvgIpc) is 2.64. The molecule has 0 aliphatic carbocycles. The maximum atomic E-state index is 13.2. The van der Waals surface area contributed by atoms with Gasteiger partial charge in [-0.3, -0.25) is 14.6 Å². The van der Waals surface area contributed by atoms with E-state index in [9.17, 15) is 14.0 Å². The summed E-state index contributed by atoms with van der Waals surface area (Å²) in [6.07, 6.45) is 1.36. The molecular weight excluding hydrogens is 357 g/mol. The van der Waals surface area contributed by atoms with Crippen molar-refractivity contribution in [3.8, 4) is 0 Å². The van der Waals surface area contributed by atoms with Crippen LogP contribution in [-0.2, 0) is 0 Å². The van der Waals surface area contributed by atoms with Gasteiger partial charge in [0.1, 0.15) is 11.5 Å². The summed E-state index contributed by atoms with van der Waals surface area (Å²) < 4.78 is 13.2. The summed E-state index contributed by atoms with van der Waals surface area (Å²) in [5.41, 5.74) is 1.17. The third kappa shape index (κ3) is 4.43. The number of nitrogens with one attached hydrogen (secondary N) is 2. The second kappa shape index (κ2) is 7.76. The molecule has 2 N–H and O–H groups in total. The summed E-state index contributed by atoms with van der Waals surface area (Å²) in [7, 11) is 0. The fourth-order valence-corrected chi connectivity index (χ4v) is 2.32. The molecule has 0 fully saturated rings. The number of halogens is 2. The second-order valence-corrected chi connectivity index (χ2v) is 5.79. The van der Waals surface area contributed by atoms with Gasteiger partial charge in [-0.1, -0.05) is 17.7 Å². The molecular formula is C19H13ClFN3O2. The smallest absolute Gasteiger partial charge is 0.274 e. The zero-order valence-corrected chi connectivity index (χ0v) is 14.1. The summed E-state index contributed by atoms with van der Waals surface area (Å²) in [6, 6.07) is 15.0. The lowest BCUT2D eigenvalue weighted by Gasteiger charge is -2.08. The van der Waals surface area contributed by atoms with E-state index < -0.39 is 17.6 Å². The molecule has 0 radical (unpaired) electrons. The molecule has 130 valence electrons. The van der Waals surface area contributed by atoms with Crippen LogP contribution in [0, 0.1) is 5.82 Å². The van der Waals surface area contributed by atoms with Gasteiger partial charge in [0.2, 0.25) is 0 Å². The third-order valence-corrected chi connectivity index (χ3v) is 3.69. The summed E-state index contributed by atoms with van der Waals surface area (Å²) in [6.45, 7) is 0. The first kappa shape index (κ1) is 17.6. The van der Waals surface area contributed by atoms with E-state index >= 15 is 0 Å². The van der Waals surface area contributed by atoms with Crippen LogP contribution in [0.1, 0.15) is 20.8 Å². The zero-order chi connectivity index (χ0) is 18.5. The van der Waals surface area contributed by atoms with Crippen molar-refractivity contribution >= 4 is 34.8 Å². The van der Waals surface area contributed by atoms with Gasteiger partial charge in [-0.25, -0.2) is 4.39 Å². The Morgan fingerprint density at radius 2 is 1.62 bits per heavy atom. The van der Waals surface area contributed by atoms with E-state index in [0.717, 1.165) is 0 Å². The first-order valence-corrected chi connectivity index (χ1v) is 7.99. The van der Waals surface area contributed by atoms with Crippen molar-refractivity contribution in [3.05, 3.63) is 89.0 Å². The second-order valence-electron chi connectivity index (χ2n) is 5.36. The predicted octanol–water partition coefficient (Wildman–Crippen LogP) is 4.38. The van der Waals surface area contributed by atoms with Gasteiger partial charge in [0.05, 0.1) is 0 Å². The van der Waals surface area contributed by atoms with Gasteiger partial charge in [0.25, 0.3) is 11.8 Å². The summed E-state index contributed by atoms with van der Waals surface area (Å²) in [5.74, 6) is -1.40. The van der Waals surface area contributed by atoms with Gasteiger partial charge >= 0.3 is 0 Å². The van der Waals surface area contributed by atoms with E-state index in [1.807, 2.05) is 0 Å². The van der Waals surface area contributed by atoms with Gasteiger partial charge in [-0.05, 0) is 54.6 Å². The highest BCUT2D eigenvalue weighted by atomic mass is 35.5. The highest BCUT2D eigenvalue weighted by Gasteiger charge is 2.12. The maximum Gasteiger partial charge on any atom is 0.274 e. The maximum absolute atomic E-state index is 13.2. The van der Waals surface area contributed by atoms with E-state index in [2.05, 4.69) is 15.6 Å². The standard InChI is InChI=1S/C19H13ClFN3O2/c20-13-4-6-15(7-5-13)23-19(26)17-10-12(8-9-22-17)18(25)24-16-3-1-2-14(21)11-16/h1-11H,(H,23,26)(H,24,25). The molecule has 1 heterocycles.